The summed E-state index contributed by atoms with van der Waals surface area (Å²) in [6.07, 6.45) is 8.53. The Hall–Kier alpha value is -2.16. The molecule has 3 rings (SSSR count). The lowest BCUT2D eigenvalue weighted by atomic mass is 10.0. The molecule has 1 atom stereocenters. The van der Waals surface area contributed by atoms with E-state index < -0.39 is 0 Å². The largest absolute Gasteiger partial charge is 0.495 e. The first-order valence-corrected chi connectivity index (χ1v) is 11.8. The second-order valence-electron chi connectivity index (χ2n) is 9.09. The van der Waals surface area contributed by atoms with Gasteiger partial charge in [-0.25, -0.2) is 0 Å². The Morgan fingerprint density at radius 3 is 2.50 bits per heavy atom. The van der Waals surface area contributed by atoms with Crippen LogP contribution in [0.3, 0.4) is 0 Å². The first kappa shape index (κ1) is 24.5. The highest BCUT2D eigenvalue weighted by molar-refractivity contribution is 6.32. The zero-order chi connectivity index (χ0) is 23.1. The summed E-state index contributed by atoms with van der Waals surface area (Å²) in [5, 5.41) is 3.75. The van der Waals surface area contributed by atoms with Crippen molar-refractivity contribution in [3.63, 3.8) is 0 Å². The number of halogens is 1. The Labute approximate surface area is 196 Å². The maximum absolute atomic E-state index is 6.28. The van der Waals surface area contributed by atoms with Gasteiger partial charge in [-0.1, -0.05) is 24.4 Å². The van der Waals surface area contributed by atoms with E-state index in [0.717, 1.165) is 31.1 Å². The molecule has 1 aromatic carbocycles. The number of nitrogens with two attached hydrogens (primary N) is 1. The fourth-order valence-corrected chi connectivity index (χ4v) is 4.78. The predicted octanol–water partition coefficient (Wildman–Crippen LogP) is 4.47. The van der Waals surface area contributed by atoms with Crippen molar-refractivity contribution in [3.05, 3.63) is 23.2 Å². The minimum absolute atomic E-state index is 0.225. The van der Waals surface area contributed by atoms with Crippen molar-refractivity contribution >= 4 is 35.1 Å². The molecule has 0 amide bonds. The van der Waals surface area contributed by atoms with Gasteiger partial charge in [0.2, 0.25) is 11.9 Å². The molecule has 176 valence electrons. The zero-order valence-electron chi connectivity index (χ0n) is 19.8. The number of aromatic nitrogens is 3. The van der Waals surface area contributed by atoms with Crippen LogP contribution in [-0.2, 0) is 0 Å². The second kappa shape index (κ2) is 11.1. The van der Waals surface area contributed by atoms with Gasteiger partial charge < -0.3 is 20.7 Å². The smallest absolute Gasteiger partial charge is 0.335 e. The molecular weight excluding hydrogens is 426 g/mol. The number of anilines is 3. The molecule has 0 spiro atoms. The third-order valence-electron chi connectivity index (χ3n) is 6.36. The van der Waals surface area contributed by atoms with Gasteiger partial charge in [0.1, 0.15) is 5.75 Å². The van der Waals surface area contributed by atoms with Crippen LogP contribution in [0.15, 0.2) is 18.2 Å². The van der Waals surface area contributed by atoms with Crippen molar-refractivity contribution in [2.75, 3.05) is 52.4 Å². The Balaban J connectivity index is 1.91. The van der Waals surface area contributed by atoms with Crippen molar-refractivity contribution < 1.29 is 4.74 Å². The van der Waals surface area contributed by atoms with Gasteiger partial charge in [-0.2, -0.15) is 4.98 Å². The van der Waals surface area contributed by atoms with Gasteiger partial charge in [-0.3, -0.25) is 4.48 Å². The van der Waals surface area contributed by atoms with E-state index in [9.17, 15) is 0 Å². The first-order valence-electron chi connectivity index (χ1n) is 11.4. The molecule has 1 fully saturated rings. The molecule has 1 heterocycles. The fourth-order valence-electron chi connectivity index (χ4n) is 4.53. The topological polar surface area (TPSA) is 89.2 Å². The summed E-state index contributed by atoms with van der Waals surface area (Å²) in [6.45, 7) is 1.98. The van der Waals surface area contributed by atoms with Gasteiger partial charge in [0.05, 0.1) is 31.8 Å². The first-order chi connectivity index (χ1) is 15.3. The summed E-state index contributed by atoms with van der Waals surface area (Å²) < 4.78 is 5.92. The zero-order valence-corrected chi connectivity index (χ0v) is 20.5. The Morgan fingerprint density at radius 1 is 1.16 bits per heavy atom. The normalized spacial score (nSPS) is 17.1. The lowest BCUT2D eigenvalue weighted by molar-refractivity contribution is 0.200. The molecule has 1 saturated carbocycles. The van der Waals surface area contributed by atoms with Gasteiger partial charge in [0, 0.05) is 18.7 Å². The highest BCUT2D eigenvalue weighted by atomic mass is 35.5. The van der Waals surface area contributed by atoms with Crippen LogP contribution in [-0.4, -0.2) is 67.2 Å². The number of methoxy groups -OCH3 is 1. The number of rotatable bonds is 9. The summed E-state index contributed by atoms with van der Waals surface area (Å²) in [6, 6.07) is 5.95. The summed E-state index contributed by atoms with van der Waals surface area (Å²) >= 11 is 6.28. The summed E-state index contributed by atoms with van der Waals surface area (Å²) in [5.41, 5.74) is 6.92. The van der Waals surface area contributed by atoms with Crippen LogP contribution in [0.5, 0.6) is 5.75 Å². The number of benzene rings is 1. The van der Waals surface area contributed by atoms with Gasteiger partial charge in [0.15, 0.2) is 0 Å². The molecule has 0 saturated heterocycles. The lowest BCUT2D eigenvalue weighted by Crippen LogP contribution is -2.55. The molecule has 8 nitrogen and oxygen atoms in total. The molecule has 0 radical (unpaired) electrons. The summed E-state index contributed by atoms with van der Waals surface area (Å²) in [4.78, 5) is 16.0. The molecule has 0 aliphatic heterocycles. The number of hydrogen-bond donors (Lipinski definition) is 2. The molecule has 1 aliphatic rings. The van der Waals surface area contributed by atoms with Crippen LogP contribution < -0.4 is 20.3 Å². The van der Waals surface area contributed by atoms with Crippen molar-refractivity contribution in [2.45, 2.75) is 51.0 Å². The Bertz CT molecular complexity index is 887. The van der Waals surface area contributed by atoms with Crippen molar-refractivity contribution in [1.29, 1.82) is 0 Å². The van der Waals surface area contributed by atoms with Gasteiger partial charge in [-0.15, -0.1) is 9.97 Å². The van der Waals surface area contributed by atoms with Crippen molar-refractivity contribution in [3.8, 4) is 5.75 Å². The standard InChI is InChI=1S/C23H37ClN7O/c1-30(2)14-9-15-31(3,18-10-7-5-6-8-11-18)23-28-21(25)27-22(29-23)26-17-12-13-20(32-4)19(24)16-17/h12-13,16,18H,5-11,14-15H2,1-4H3,(H3,25,26,27,28,29)/q+1. The molecule has 1 unspecified atom stereocenters. The molecule has 2 aromatic rings. The highest BCUT2D eigenvalue weighted by Gasteiger charge is 2.38. The van der Waals surface area contributed by atoms with E-state index in [0.29, 0.717) is 27.2 Å². The summed E-state index contributed by atoms with van der Waals surface area (Å²) in [7, 11) is 8.07. The van der Waals surface area contributed by atoms with E-state index >= 15 is 0 Å². The number of nitrogens with zero attached hydrogens (tertiary/aromatic N) is 5. The van der Waals surface area contributed by atoms with Crippen LogP contribution in [0.4, 0.5) is 23.5 Å². The van der Waals surface area contributed by atoms with E-state index in [-0.39, 0.29) is 5.95 Å². The van der Waals surface area contributed by atoms with Crippen LogP contribution in [0.2, 0.25) is 5.02 Å². The molecule has 3 N–H and O–H groups in total. The van der Waals surface area contributed by atoms with Crippen LogP contribution in [0, 0.1) is 0 Å². The molecule has 1 aliphatic carbocycles. The van der Waals surface area contributed by atoms with E-state index in [1.807, 2.05) is 12.1 Å². The molecule has 9 heteroatoms. The van der Waals surface area contributed by atoms with Gasteiger partial charge in [-0.05, 0) is 58.0 Å². The van der Waals surface area contributed by atoms with E-state index in [2.05, 4.69) is 41.3 Å². The van der Waals surface area contributed by atoms with Crippen LogP contribution >= 0.6 is 11.6 Å². The number of ether oxygens (including phenoxy) is 1. The third kappa shape index (κ3) is 6.21. The van der Waals surface area contributed by atoms with Gasteiger partial charge >= 0.3 is 5.95 Å². The average molecular weight is 463 g/mol. The third-order valence-corrected chi connectivity index (χ3v) is 6.66. The quantitative estimate of drug-likeness (QED) is 0.419. The Morgan fingerprint density at radius 2 is 1.88 bits per heavy atom. The van der Waals surface area contributed by atoms with E-state index in [1.54, 1.807) is 13.2 Å². The van der Waals surface area contributed by atoms with Crippen molar-refractivity contribution in [1.82, 2.24) is 24.3 Å². The lowest BCUT2D eigenvalue weighted by Gasteiger charge is -2.39. The predicted molar refractivity (Wildman–Crippen MR) is 133 cm³/mol. The van der Waals surface area contributed by atoms with E-state index in [4.69, 9.17) is 27.1 Å². The number of quaternary nitrogens is 1. The van der Waals surface area contributed by atoms with Crippen molar-refractivity contribution in [2.24, 2.45) is 0 Å². The van der Waals surface area contributed by atoms with Crippen LogP contribution in [0.25, 0.3) is 0 Å². The van der Waals surface area contributed by atoms with Gasteiger partial charge in [0.25, 0.3) is 0 Å². The number of hydrogen-bond acceptors (Lipinski definition) is 7. The number of nitrogen functional groups attached to an aromatic ring is 1. The average Bonchev–Trinajstić information content (AvgIpc) is 3.03. The SMILES string of the molecule is COc1ccc(Nc2nc(N)nc([N+](C)(CCCN(C)C)C3CCCCCC3)n2)cc1Cl. The Kier molecular flexibility index (Phi) is 8.51. The maximum Gasteiger partial charge on any atom is 0.335 e. The molecule has 0 bridgehead atoms. The molecular formula is C23H37ClN7O+. The summed E-state index contributed by atoms with van der Waals surface area (Å²) in [5.74, 6) is 2.00. The molecule has 1 aromatic heterocycles. The monoisotopic (exact) mass is 462 g/mol. The highest BCUT2D eigenvalue weighted by Crippen LogP contribution is 2.32. The molecule has 32 heavy (non-hydrogen) atoms. The minimum Gasteiger partial charge on any atom is -0.495 e. The van der Waals surface area contributed by atoms with Crippen LogP contribution in [0.1, 0.15) is 44.9 Å². The van der Waals surface area contributed by atoms with E-state index in [1.165, 1.54) is 38.5 Å². The maximum atomic E-state index is 6.28. The number of nitrogens with one attached hydrogen (secondary N) is 1. The fraction of sp³-hybridized carbons (Fsp3) is 0.609. The minimum atomic E-state index is 0.225. The second-order valence-corrected chi connectivity index (χ2v) is 9.49.